The van der Waals surface area contributed by atoms with Crippen LogP contribution in [0.25, 0.3) is 11.3 Å². The average molecular weight is 371 g/mol. The maximum Gasteiger partial charge on any atom is 0.272 e. The van der Waals surface area contributed by atoms with Crippen molar-refractivity contribution < 1.29 is 4.79 Å². The van der Waals surface area contributed by atoms with Crippen LogP contribution >= 0.6 is 11.3 Å². The summed E-state index contributed by atoms with van der Waals surface area (Å²) in [5.41, 5.74) is 7.53. The third kappa shape index (κ3) is 3.18. The highest BCUT2D eigenvalue weighted by Crippen LogP contribution is 2.21. The molecular formula is C16H17N7O2S. The van der Waals surface area contributed by atoms with E-state index in [0.717, 1.165) is 11.3 Å². The lowest BCUT2D eigenvalue weighted by Crippen LogP contribution is -2.49. The molecule has 1 aliphatic heterocycles. The Morgan fingerprint density at radius 1 is 1.23 bits per heavy atom. The number of rotatable bonds is 3. The summed E-state index contributed by atoms with van der Waals surface area (Å²) in [5.74, 6) is 0.529. The lowest BCUT2D eigenvalue weighted by Gasteiger charge is -2.35. The van der Waals surface area contributed by atoms with Crippen molar-refractivity contribution in [1.82, 2.24) is 25.1 Å². The molecule has 10 heteroatoms. The first kappa shape index (κ1) is 16.3. The summed E-state index contributed by atoms with van der Waals surface area (Å²) in [5, 5.41) is 11.0. The van der Waals surface area contributed by atoms with Gasteiger partial charge in [-0.05, 0) is 17.5 Å². The molecule has 0 spiro atoms. The fourth-order valence-electron chi connectivity index (χ4n) is 2.92. The first-order chi connectivity index (χ1) is 12.6. The van der Waals surface area contributed by atoms with Crippen molar-refractivity contribution in [3.8, 4) is 11.3 Å². The minimum Gasteiger partial charge on any atom is -0.369 e. The molecular weight excluding hydrogens is 354 g/mol. The number of piperazine rings is 1. The zero-order valence-corrected chi connectivity index (χ0v) is 14.6. The van der Waals surface area contributed by atoms with Gasteiger partial charge in [-0.2, -0.15) is 21.4 Å². The van der Waals surface area contributed by atoms with E-state index >= 15 is 0 Å². The molecule has 134 valence electrons. The maximum absolute atomic E-state index is 12.7. The van der Waals surface area contributed by atoms with E-state index < -0.39 is 0 Å². The molecule has 1 fully saturated rings. The van der Waals surface area contributed by atoms with Gasteiger partial charge in [-0.15, -0.1) is 0 Å². The van der Waals surface area contributed by atoms with E-state index in [1.165, 1.54) is 6.07 Å². The molecule has 0 aromatic carbocycles. The Bertz CT molecular complexity index is 971. The van der Waals surface area contributed by atoms with Gasteiger partial charge in [0, 0.05) is 43.2 Å². The molecule has 3 aromatic heterocycles. The fraction of sp³-hybridized carbons (Fsp3) is 0.250. The van der Waals surface area contributed by atoms with Crippen LogP contribution in [0.5, 0.6) is 0 Å². The summed E-state index contributed by atoms with van der Waals surface area (Å²) < 4.78 is 0. The van der Waals surface area contributed by atoms with Gasteiger partial charge >= 0.3 is 0 Å². The number of hydrogen-bond acceptors (Lipinski definition) is 7. The molecule has 26 heavy (non-hydrogen) atoms. The third-order valence-corrected chi connectivity index (χ3v) is 4.95. The van der Waals surface area contributed by atoms with Gasteiger partial charge in [0.05, 0.1) is 5.69 Å². The lowest BCUT2D eigenvalue weighted by atomic mass is 10.2. The molecule has 9 nitrogen and oxygen atoms in total. The van der Waals surface area contributed by atoms with Crippen molar-refractivity contribution in [3.63, 3.8) is 0 Å². The molecule has 0 saturated carbocycles. The topological polar surface area (TPSA) is 124 Å². The number of aromatic nitrogens is 4. The number of nitrogens with two attached hydrogens (primary N) is 1. The van der Waals surface area contributed by atoms with Crippen LogP contribution in [0.3, 0.4) is 0 Å². The number of nitrogens with zero attached hydrogens (tertiary/aromatic N) is 4. The quantitative estimate of drug-likeness (QED) is 0.625. The van der Waals surface area contributed by atoms with Gasteiger partial charge in [0.25, 0.3) is 11.5 Å². The molecule has 4 heterocycles. The zero-order valence-electron chi connectivity index (χ0n) is 13.8. The predicted molar refractivity (Wildman–Crippen MR) is 99.3 cm³/mol. The molecule has 0 bridgehead atoms. The van der Waals surface area contributed by atoms with E-state index in [2.05, 4.69) is 20.2 Å². The molecule has 4 N–H and O–H groups in total. The monoisotopic (exact) mass is 371 g/mol. The molecule has 1 saturated heterocycles. The molecule has 1 amide bonds. The van der Waals surface area contributed by atoms with Crippen molar-refractivity contribution in [2.75, 3.05) is 36.8 Å². The molecule has 0 aliphatic carbocycles. The van der Waals surface area contributed by atoms with E-state index in [1.54, 1.807) is 22.3 Å². The summed E-state index contributed by atoms with van der Waals surface area (Å²) in [4.78, 5) is 34.5. The van der Waals surface area contributed by atoms with Gasteiger partial charge in [0.1, 0.15) is 11.5 Å². The minimum atomic E-state index is -0.288. The number of hydrogen-bond donors (Lipinski definition) is 3. The van der Waals surface area contributed by atoms with Crippen molar-refractivity contribution in [2.24, 2.45) is 0 Å². The zero-order chi connectivity index (χ0) is 18.1. The highest BCUT2D eigenvalue weighted by Gasteiger charge is 2.24. The van der Waals surface area contributed by atoms with Gasteiger partial charge in [-0.1, -0.05) is 0 Å². The number of carbonyl (C=O) groups is 1. The van der Waals surface area contributed by atoms with Crippen molar-refractivity contribution >= 4 is 29.0 Å². The summed E-state index contributed by atoms with van der Waals surface area (Å²) in [6.07, 6.45) is 0. The Kier molecular flexibility index (Phi) is 4.17. The Balaban J connectivity index is 1.43. The van der Waals surface area contributed by atoms with Crippen molar-refractivity contribution in [2.45, 2.75) is 0 Å². The van der Waals surface area contributed by atoms with Gasteiger partial charge < -0.3 is 15.5 Å². The van der Waals surface area contributed by atoms with Gasteiger partial charge in [0.15, 0.2) is 0 Å². The molecule has 0 radical (unpaired) electrons. The van der Waals surface area contributed by atoms with Crippen LogP contribution in [0.15, 0.2) is 33.8 Å². The summed E-state index contributed by atoms with van der Waals surface area (Å²) >= 11 is 1.59. The second kappa shape index (κ2) is 6.64. The van der Waals surface area contributed by atoms with E-state index in [4.69, 9.17) is 5.73 Å². The van der Waals surface area contributed by atoms with Crippen LogP contribution in [-0.2, 0) is 0 Å². The Labute approximate surface area is 152 Å². The number of amides is 1. The highest BCUT2D eigenvalue weighted by molar-refractivity contribution is 7.08. The van der Waals surface area contributed by atoms with E-state index in [-0.39, 0.29) is 17.4 Å². The van der Waals surface area contributed by atoms with Crippen LogP contribution in [0, 0.1) is 0 Å². The second-order valence-corrected chi connectivity index (χ2v) is 6.73. The SMILES string of the molecule is Nc1nc(N2CCN(C(=O)c3cc(-c4ccsc4)n[nH]3)CC2)cc(=O)[nH]1. The van der Waals surface area contributed by atoms with Gasteiger partial charge in [-0.25, -0.2) is 0 Å². The summed E-state index contributed by atoms with van der Waals surface area (Å²) in [7, 11) is 0. The standard InChI is InChI=1S/C16H17N7O2S/c17-16-18-13(8-14(24)19-16)22-2-4-23(5-3-22)15(25)12-7-11(20-21-12)10-1-6-26-9-10/h1,6-9H,2-5H2,(H,20,21)(H3,17,18,19,24). The number of H-pyrrole nitrogens is 2. The summed E-state index contributed by atoms with van der Waals surface area (Å²) in [6, 6.07) is 5.15. The largest absolute Gasteiger partial charge is 0.369 e. The van der Waals surface area contributed by atoms with E-state index in [9.17, 15) is 9.59 Å². The molecule has 3 aromatic rings. The average Bonchev–Trinajstić information content (AvgIpc) is 3.32. The van der Waals surface area contributed by atoms with Crippen LogP contribution in [0.1, 0.15) is 10.5 Å². The predicted octanol–water partition coefficient (Wildman–Crippen LogP) is 0.766. The lowest BCUT2D eigenvalue weighted by molar-refractivity contribution is 0.0740. The second-order valence-electron chi connectivity index (χ2n) is 5.95. The fourth-order valence-corrected chi connectivity index (χ4v) is 3.57. The van der Waals surface area contributed by atoms with Gasteiger partial charge in [0.2, 0.25) is 5.95 Å². The number of nitrogens with one attached hydrogen (secondary N) is 2. The smallest absolute Gasteiger partial charge is 0.272 e. The van der Waals surface area contributed by atoms with Crippen LogP contribution in [0.4, 0.5) is 11.8 Å². The normalized spacial score (nSPS) is 14.6. The number of nitrogen functional groups attached to an aromatic ring is 1. The van der Waals surface area contributed by atoms with Crippen LogP contribution in [-0.4, -0.2) is 57.2 Å². The summed E-state index contributed by atoms with van der Waals surface area (Å²) in [6.45, 7) is 2.21. The maximum atomic E-state index is 12.7. The number of anilines is 2. The number of carbonyl (C=O) groups excluding carboxylic acids is 1. The van der Waals surface area contributed by atoms with Gasteiger partial charge in [-0.3, -0.25) is 19.7 Å². The first-order valence-electron chi connectivity index (χ1n) is 8.09. The Morgan fingerprint density at radius 3 is 2.73 bits per heavy atom. The van der Waals surface area contributed by atoms with Crippen molar-refractivity contribution in [1.29, 1.82) is 0 Å². The first-order valence-corrected chi connectivity index (χ1v) is 9.03. The Morgan fingerprint density at radius 2 is 2.04 bits per heavy atom. The van der Waals surface area contributed by atoms with Crippen molar-refractivity contribution in [3.05, 3.63) is 45.0 Å². The number of aromatic amines is 2. The Hall–Kier alpha value is -3.14. The van der Waals surface area contributed by atoms with Crippen LogP contribution < -0.4 is 16.2 Å². The minimum absolute atomic E-state index is 0.0861. The molecule has 0 atom stereocenters. The highest BCUT2D eigenvalue weighted by atomic mass is 32.1. The third-order valence-electron chi connectivity index (χ3n) is 4.26. The molecule has 0 unspecified atom stereocenters. The van der Waals surface area contributed by atoms with Crippen LogP contribution in [0.2, 0.25) is 0 Å². The molecule has 4 rings (SSSR count). The van der Waals surface area contributed by atoms with E-state index in [0.29, 0.717) is 37.7 Å². The van der Waals surface area contributed by atoms with E-state index in [1.807, 2.05) is 21.7 Å². The molecule has 1 aliphatic rings. The number of thiophene rings is 1.